The maximum atomic E-state index is 12.5. The third-order valence-electron chi connectivity index (χ3n) is 5.75. The zero-order chi connectivity index (χ0) is 17.8. The van der Waals surface area contributed by atoms with E-state index in [1.165, 1.54) is 12.8 Å². The lowest BCUT2D eigenvalue weighted by Gasteiger charge is -2.34. The molecule has 25 heavy (non-hydrogen) atoms. The van der Waals surface area contributed by atoms with Gasteiger partial charge in [-0.25, -0.2) is 4.79 Å². The maximum Gasteiger partial charge on any atom is 0.317 e. The minimum Gasteiger partial charge on any atom is -0.481 e. The number of hydrogen-bond donors (Lipinski definition) is 3. The Balaban J connectivity index is 1.42. The van der Waals surface area contributed by atoms with Gasteiger partial charge in [0.1, 0.15) is 0 Å². The summed E-state index contributed by atoms with van der Waals surface area (Å²) in [5.41, 5.74) is 0. The van der Waals surface area contributed by atoms with E-state index in [-0.39, 0.29) is 29.8 Å². The second kappa shape index (κ2) is 8.06. The van der Waals surface area contributed by atoms with E-state index in [0.29, 0.717) is 44.7 Å². The van der Waals surface area contributed by atoms with Gasteiger partial charge in [-0.05, 0) is 57.3 Å². The molecular weight excluding hydrogens is 322 g/mol. The molecule has 1 aliphatic heterocycles. The molecule has 1 atom stereocenters. The first-order valence-electron chi connectivity index (χ1n) is 9.59. The molecule has 3 aliphatic rings. The van der Waals surface area contributed by atoms with Crippen molar-refractivity contribution < 1.29 is 19.5 Å². The van der Waals surface area contributed by atoms with Gasteiger partial charge in [-0.1, -0.05) is 0 Å². The van der Waals surface area contributed by atoms with Crippen molar-refractivity contribution in [1.82, 2.24) is 15.5 Å². The van der Waals surface area contributed by atoms with Crippen molar-refractivity contribution >= 4 is 17.9 Å². The van der Waals surface area contributed by atoms with E-state index >= 15 is 0 Å². The smallest absolute Gasteiger partial charge is 0.317 e. The lowest BCUT2D eigenvalue weighted by Crippen LogP contribution is -2.51. The number of hydrogen-bond acceptors (Lipinski definition) is 3. The van der Waals surface area contributed by atoms with Crippen LogP contribution in [0, 0.1) is 17.8 Å². The van der Waals surface area contributed by atoms with Gasteiger partial charge in [0.2, 0.25) is 5.91 Å². The van der Waals surface area contributed by atoms with Crippen LogP contribution in [0.15, 0.2) is 0 Å². The number of amides is 3. The maximum absolute atomic E-state index is 12.5. The lowest BCUT2D eigenvalue weighted by atomic mass is 9.86. The number of carbonyl (C=O) groups is 3. The average molecular weight is 351 g/mol. The molecular formula is C18H29N3O4. The summed E-state index contributed by atoms with van der Waals surface area (Å²) in [6.45, 7) is 1.93. The molecule has 1 unspecified atom stereocenters. The fourth-order valence-corrected chi connectivity index (χ4v) is 3.84. The Morgan fingerprint density at radius 1 is 0.960 bits per heavy atom. The van der Waals surface area contributed by atoms with Crippen molar-refractivity contribution in [2.24, 2.45) is 17.8 Å². The summed E-state index contributed by atoms with van der Waals surface area (Å²) in [4.78, 5) is 37.5. The summed E-state index contributed by atoms with van der Waals surface area (Å²) < 4.78 is 0. The molecule has 3 N–H and O–H groups in total. The first-order chi connectivity index (χ1) is 12.0. The molecule has 0 spiro atoms. The molecule has 2 aliphatic carbocycles. The molecule has 140 valence electrons. The van der Waals surface area contributed by atoms with Crippen molar-refractivity contribution in [3.05, 3.63) is 0 Å². The van der Waals surface area contributed by atoms with Crippen LogP contribution < -0.4 is 10.6 Å². The van der Waals surface area contributed by atoms with Crippen LogP contribution in [0.1, 0.15) is 51.4 Å². The third kappa shape index (κ3) is 5.09. The molecule has 7 heteroatoms. The van der Waals surface area contributed by atoms with Gasteiger partial charge in [0.15, 0.2) is 0 Å². The van der Waals surface area contributed by atoms with Crippen LogP contribution in [0.25, 0.3) is 0 Å². The minimum atomic E-state index is -0.735. The standard InChI is InChI=1S/C18H29N3O4/c22-16(19-10-12-3-4-12)14-2-1-9-21(11-14)18(25)20-15-7-5-13(6-8-15)17(23)24/h12-15H,1-11H2,(H,19,22)(H,20,25)(H,23,24). The number of carboxylic acids is 1. The van der Waals surface area contributed by atoms with Crippen LogP contribution in [0.2, 0.25) is 0 Å². The average Bonchev–Trinajstić information content (AvgIpc) is 3.44. The van der Waals surface area contributed by atoms with Gasteiger partial charge in [0.05, 0.1) is 11.8 Å². The Labute approximate surface area is 148 Å². The number of rotatable bonds is 5. The Hall–Kier alpha value is -1.79. The molecule has 1 heterocycles. The number of nitrogens with zero attached hydrogens (tertiary/aromatic N) is 1. The van der Waals surface area contributed by atoms with Gasteiger partial charge in [-0.2, -0.15) is 0 Å². The second-order valence-corrected chi connectivity index (χ2v) is 7.81. The summed E-state index contributed by atoms with van der Waals surface area (Å²) in [7, 11) is 0. The predicted molar refractivity (Wildman–Crippen MR) is 91.9 cm³/mol. The van der Waals surface area contributed by atoms with Gasteiger partial charge in [0, 0.05) is 25.7 Å². The summed E-state index contributed by atoms with van der Waals surface area (Å²) in [6, 6.07) is -0.0642. The molecule has 0 aromatic heterocycles. The molecule has 0 aromatic rings. The van der Waals surface area contributed by atoms with E-state index in [1.54, 1.807) is 4.90 Å². The normalized spacial score (nSPS) is 29.8. The van der Waals surface area contributed by atoms with Crippen LogP contribution in [0.3, 0.4) is 0 Å². The van der Waals surface area contributed by atoms with E-state index in [0.717, 1.165) is 19.4 Å². The summed E-state index contributed by atoms with van der Waals surface area (Å²) in [6.07, 6.45) is 6.76. The van der Waals surface area contributed by atoms with Gasteiger partial charge < -0.3 is 20.6 Å². The number of carbonyl (C=O) groups excluding carboxylic acids is 2. The highest BCUT2D eigenvalue weighted by Gasteiger charge is 2.32. The quantitative estimate of drug-likeness (QED) is 0.700. The zero-order valence-corrected chi connectivity index (χ0v) is 14.7. The van der Waals surface area contributed by atoms with Gasteiger partial charge >= 0.3 is 12.0 Å². The van der Waals surface area contributed by atoms with Crippen LogP contribution in [0.4, 0.5) is 4.79 Å². The molecule has 0 aromatic carbocycles. The largest absolute Gasteiger partial charge is 0.481 e. The van der Waals surface area contributed by atoms with E-state index in [4.69, 9.17) is 5.11 Å². The van der Waals surface area contributed by atoms with E-state index in [9.17, 15) is 14.4 Å². The van der Waals surface area contributed by atoms with Crippen LogP contribution >= 0.6 is 0 Å². The molecule has 7 nitrogen and oxygen atoms in total. The zero-order valence-electron chi connectivity index (χ0n) is 14.7. The highest BCUT2D eigenvalue weighted by molar-refractivity contribution is 5.81. The monoisotopic (exact) mass is 351 g/mol. The van der Waals surface area contributed by atoms with E-state index in [2.05, 4.69) is 10.6 Å². The Kier molecular flexibility index (Phi) is 5.81. The van der Waals surface area contributed by atoms with Gasteiger partial charge in [0.25, 0.3) is 0 Å². The second-order valence-electron chi connectivity index (χ2n) is 7.81. The molecule has 0 radical (unpaired) electrons. The summed E-state index contributed by atoms with van der Waals surface area (Å²) in [5, 5.41) is 15.1. The number of carboxylic acid groups (broad SMARTS) is 1. The Morgan fingerprint density at radius 2 is 1.68 bits per heavy atom. The van der Waals surface area contributed by atoms with Crippen LogP contribution in [-0.2, 0) is 9.59 Å². The first-order valence-corrected chi connectivity index (χ1v) is 9.59. The van der Waals surface area contributed by atoms with Crippen LogP contribution in [-0.4, -0.2) is 53.6 Å². The van der Waals surface area contributed by atoms with E-state index in [1.807, 2.05) is 0 Å². The number of urea groups is 1. The molecule has 2 saturated carbocycles. The first kappa shape index (κ1) is 18.0. The van der Waals surface area contributed by atoms with Gasteiger partial charge in [-0.3, -0.25) is 9.59 Å². The number of nitrogens with one attached hydrogen (secondary N) is 2. The van der Waals surface area contributed by atoms with Crippen LogP contribution in [0.5, 0.6) is 0 Å². The van der Waals surface area contributed by atoms with Crippen molar-refractivity contribution in [3.63, 3.8) is 0 Å². The SMILES string of the molecule is O=C(O)C1CCC(NC(=O)N2CCCC(C(=O)NCC3CC3)C2)CC1. The summed E-state index contributed by atoms with van der Waals surface area (Å²) >= 11 is 0. The van der Waals surface area contributed by atoms with Crippen molar-refractivity contribution in [1.29, 1.82) is 0 Å². The number of piperidine rings is 1. The van der Waals surface area contributed by atoms with Crippen molar-refractivity contribution in [3.8, 4) is 0 Å². The Bertz CT molecular complexity index is 512. The molecule has 3 rings (SSSR count). The fraction of sp³-hybridized carbons (Fsp3) is 0.833. The van der Waals surface area contributed by atoms with Crippen molar-refractivity contribution in [2.45, 2.75) is 57.4 Å². The fourth-order valence-electron chi connectivity index (χ4n) is 3.84. The van der Waals surface area contributed by atoms with Gasteiger partial charge in [-0.15, -0.1) is 0 Å². The van der Waals surface area contributed by atoms with Crippen molar-refractivity contribution in [2.75, 3.05) is 19.6 Å². The van der Waals surface area contributed by atoms with E-state index < -0.39 is 5.97 Å². The predicted octanol–water partition coefficient (Wildman–Crippen LogP) is 1.58. The molecule has 1 saturated heterocycles. The highest BCUT2D eigenvalue weighted by Crippen LogP contribution is 2.28. The molecule has 3 amide bonds. The topological polar surface area (TPSA) is 98.7 Å². The number of likely N-dealkylation sites (tertiary alicyclic amines) is 1. The lowest BCUT2D eigenvalue weighted by molar-refractivity contribution is -0.142. The highest BCUT2D eigenvalue weighted by atomic mass is 16.4. The number of aliphatic carboxylic acids is 1. The Morgan fingerprint density at radius 3 is 2.32 bits per heavy atom. The summed E-state index contributed by atoms with van der Waals surface area (Å²) in [5.74, 6) is -0.385. The minimum absolute atomic E-state index is 0.0483. The molecule has 3 fully saturated rings. The molecule has 0 bridgehead atoms. The third-order valence-corrected chi connectivity index (χ3v) is 5.75.